The van der Waals surface area contributed by atoms with E-state index in [0.717, 1.165) is 16.5 Å². The second kappa shape index (κ2) is 9.34. The number of methoxy groups -OCH3 is 1. The fourth-order valence-electron chi connectivity index (χ4n) is 3.42. The summed E-state index contributed by atoms with van der Waals surface area (Å²) in [6.07, 6.45) is 3.74. The van der Waals surface area contributed by atoms with E-state index in [1.807, 2.05) is 41.1 Å². The van der Waals surface area contributed by atoms with E-state index in [4.69, 9.17) is 13.9 Å². The molecular weight excluding hydrogens is 408 g/mol. The third-order valence-corrected chi connectivity index (χ3v) is 4.90. The van der Waals surface area contributed by atoms with Crippen molar-refractivity contribution in [3.63, 3.8) is 0 Å². The van der Waals surface area contributed by atoms with Gasteiger partial charge in [0.2, 0.25) is 5.76 Å². The third-order valence-electron chi connectivity index (χ3n) is 4.90. The lowest BCUT2D eigenvalue weighted by molar-refractivity contribution is 0.0524. The molecule has 0 amide bonds. The highest BCUT2D eigenvalue weighted by Gasteiger charge is 2.13. The van der Waals surface area contributed by atoms with Crippen LogP contribution in [0.2, 0.25) is 0 Å². The van der Waals surface area contributed by atoms with Gasteiger partial charge in [-0.25, -0.2) is 9.59 Å². The van der Waals surface area contributed by atoms with E-state index in [0.29, 0.717) is 30.2 Å². The number of aliphatic imine (C=N–C) groups is 1. The van der Waals surface area contributed by atoms with Crippen LogP contribution in [0, 0.1) is 0 Å². The number of benzene rings is 2. The van der Waals surface area contributed by atoms with Crippen LogP contribution in [-0.4, -0.2) is 36.4 Å². The standard InChI is InChI=1S/C25H22N2O5/c1-3-31-24(28)17-7-6-8-19(13-17)26-14-18-15-27(22-10-5-4-9-21(18)22)16-20-11-12-23(32-20)25(29)30-2/h4-15H,3,16H2,1-2H3. The number of nitrogens with zero attached hydrogens (tertiary/aromatic N) is 2. The Morgan fingerprint density at radius 1 is 1.06 bits per heavy atom. The predicted octanol–water partition coefficient (Wildman–Crippen LogP) is 5.00. The number of rotatable bonds is 7. The highest BCUT2D eigenvalue weighted by Crippen LogP contribution is 2.23. The van der Waals surface area contributed by atoms with E-state index >= 15 is 0 Å². The van der Waals surface area contributed by atoms with Crippen LogP contribution in [0.15, 0.2) is 76.3 Å². The average Bonchev–Trinajstić information content (AvgIpc) is 3.43. The molecule has 7 nitrogen and oxygen atoms in total. The number of fused-ring (bicyclic) bond motifs is 1. The van der Waals surface area contributed by atoms with Crippen molar-refractivity contribution in [1.29, 1.82) is 0 Å². The summed E-state index contributed by atoms with van der Waals surface area (Å²) in [5, 5.41) is 1.03. The zero-order chi connectivity index (χ0) is 22.5. The molecule has 0 aliphatic heterocycles. The number of carbonyl (C=O) groups is 2. The third kappa shape index (κ3) is 4.46. The van der Waals surface area contributed by atoms with Gasteiger partial charge >= 0.3 is 11.9 Å². The number of para-hydroxylation sites is 1. The fourth-order valence-corrected chi connectivity index (χ4v) is 3.42. The van der Waals surface area contributed by atoms with Crippen molar-refractivity contribution in [2.24, 2.45) is 4.99 Å². The lowest BCUT2D eigenvalue weighted by Gasteiger charge is -2.02. The second-order valence-corrected chi connectivity index (χ2v) is 7.02. The Morgan fingerprint density at radius 3 is 2.72 bits per heavy atom. The summed E-state index contributed by atoms with van der Waals surface area (Å²) in [6, 6.07) is 18.3. The van der Waals surface area contributed by atoms with Crippen molar-refractivity contribution in [3.05, 3.63) is 89.5 Å². The summed E-state index contributed by atoms with van der Waals surface area (Å²) >= 11 is 0. The highest BCUT2D eigenvalue weighted by molar-refractivity contribution is 6.00. The molecule has 0 saturated carbocycles. The van der Waals surface area contributed by atoms with E-state index < -0.39 is 5.97 Å². The van der Waals surface area contributed by atoms with Gasteiger partial charge < -0.3 is 18.5 Å². The van der Waals surface area contributed by atoms with Gasteiger partial charge in [-0.05, 0) is 43.3 Å². The first-order chi connectivity index (χ1) is 15.6. The number of carbonyl (C=O) groups excluding carboxylic acids is 2. The molecule has 32 heavy (non-hydrogen) atoms. The maximum atomic E-state index is 12.0. The molecule has 2 aromatic heterocycles. The first-order valence-electron chi connectivity index (χ1n) is 10.1. The lowest BCUT2D eigenvalue weighted by Crippen LogP contribution is -2.03. The number of esters is 2. The first kappa shape index (κ1) is 21.1. The van der Waals surface area contributed by atoms with Crippen LogP contribution in [0.3, 0.4) is 0 Å². The van der Waals surface area contributed by atoms with Crippen LogP contribution in [0.25, 0.3) is 10.9 Å². The minimum atomic E-state index is -0.508. The Kier molecular flexibility index (Phi) is 6.17. The van der Waals surface area contributed by atoms with E-state index in [1.165, 1.54) is 7.11 Å². The van der Waals surface area contributed by atoms with Gasteiger partial charge in [0.15, 0.2) is 0 Å². The molecule has 0 aliphatic rings. The van der Waals surface area contributed by atoms with Gasteiger partial charge in [0.05, 0.1) is 31.5 Å². The maximum Gasteiger partial charge on any atom is 0.373 e. The minimum absolute atomic E-state index is 0.169. The fraction of sp³-hybridized carbons (Fsp3) is 0.160. The molecule has 2 aromatic carbocycles. The van der Waals surface area contributed by atoms with Crippen LogP contribution >= 0.6 is 0 Å². The summed E-state index contributed by atoms with van der Waals surface area (Å²) in [6.45, 7) is 2.54. The number of hydrogen-bond acceptors (Lipinski definition) is 6. The molecule has 0 saturated heterocycles. The summed E-state index contributed by atoms with van der Waals surface area (Å²) in [7, 11) is 1.32. The average molecular weight is 430 g/mol. The first-order valence-corrected chi connectivity index (χ1v) is 10.1. The maximum absolute atomic E-state index is 12.0. The number of ether oxygens (including phenoxy) is 2. The predicted molar refractivity (Wildman–Crippen MR) is 121 cm³/mol. The number of furan rings is 1. The largest absolute Gasteiger partial charge is 0.463 e. The molecule has 0 N–H and O–H groups in total. The molecule has 162 valence electrons. The second-order valence-electron chi connectivity index (χ2n) is 7.02. The van der Waals surface area contributed by atoms with Crippen molar-refractivity contribution >= 4 is 34.7 Å². The smallest absolute Gasteiger partial charge is 0.373 e. The van der Waals surface area contributed by atoms with E-state index in [9.17, 15) is 9.59 Å². The molecule has 0 atom stereocenters. The summed E-state index contributed by atoms with van der Waals surface area (Å²) < 4.78 is 17.4. The van der Waals surface area contributed by atoms with Crippen LogP contribution in [0.5, 0.6) is 0 Å². The Labute approximate surface area is 184 Å². The molecule has 0 bridgehead atoms. The summed E-state index contributed by atoms with van der Waals surface area (Å²) in [4.78, 5) is 28.2. The molecule has 4 rings (SSSR count). The van der Waals surface area contributed by atoms with Gasteiger partial charge in [-0.2, -0.15) is 0 Å². The summed E-state index contributed by atoms with van der Waals surface area (Å²) in [5.74, 6) is -0.0728. The topological polar surface area (TPSA) is 83.0 Å². The molecule has 2 heterocycles. The highest BCUT2D eigenvalue weighted by atomic mass is 16.5. The van der Waals surface area contributed by atoms with E-state index in [2.05, 4.69) is 4.99 Å². The molecule has 0 aliphatic carbocycles. The van der Waals surface area contributed by atoms with E-state index in [-0.39, 0.29) is 11.7 Å². The molecular formula is C25H22N2O5. The van der Waals surface area contributed by atoms with E-state index in [1.54, 1.807) is 43.5 Å². The molecule has 0 fully saturated rings. The lowest BCUT2D eigenvalue weighted by atomic mass is 10.2. The van der Waals surface area contributed by atoms with Gasteiger partial charge in [0.1, 0.15) is 5.76 Å². The quantitative estimate of drug-likeness (QED) is 0.304. The molecule has 4 aromatic rings. The van der Waals surface area contributed by atoms with Crippen molar-refractivity contribution in [2.45, 2.75) is 13.5 Å². The Hall–Kier alpha value is -4.13. The Bertz CT molecular complexity index is 1300. The van der Waals surface area contributed by atoms with Crippen molar-refractivity contribution in [2.75, 3.05) is 13.7 Å². The van der Waals surface area contributed by atoms with Crippen LogP contribution < -0.4 is 0 Å². The summed E-state index contributed by atoms with van der Waals surface area (Å²) in [5.41, 5.74) is 3.04. The van der Waals surface area contributed by atoms with Gasteiger partial charge in [0.25, 0.3) is 0 Å². The van der Waals surface area contributed by atoms with Crippen molar-refractivity contribution in [1.82, 2.24) is 4.57 Å². The Morgan fingerprint density at radius 2 is 1.91 bits per heavy atom. The molecule has 0 unspecified atom stereocenters. The number of hydrogen-bond donors (Lipinski definition) is 0. The monoisotopic (exact) mass is 430 g/mol. The van der Waals surface area contributed by atoms with Crippen LogP contribution in [-0.2, 0) is 16.0 Å². The molecule has 7 heteroatoms. The van der Waals surface area contributed by atoms with Gasteiger partial charge in [-0.15, -0.1) is 0 Å². The molecule has 0 radical (unpaired) electrons. The SMILES string of the molecule is CCOC(=O)c1cccc(N=Cc2cn(Cc3ccc(C(=O)OC)o3)c3ccccc23)c1. The minimum Gasteiger partial charge on any atom is -0.463 e. The van der Waals surface area contributed by atoms with Gasteiger partial charge in [-0.3, -0.25) is 4.99 Å². The normalized spacial score (nSPS) is 11.2. The van der Waals surface area contributed by atoms with Gasteiger partial charge in [0, 0.05) is 28.9 Å². The number of aromatic nitrogens is 1. The zero-order valence-corrected chi connectivity index (χ0v) is 17.8. The molecule has 0 spiro atoms. The van der Waals surface area contributed by atoms with Crippen LogP contribution in [0.1, 0.15) is 39.2 Å². The Balaban J connectivity index is 1.62. The van der Waals surface area contributed by atoms with Gasteiger partial charge in [-0.1, -0.05) is 24.3 Å². The van der Waals surface area contributed by atoms with Crippen molar-refractivity contribution in [3.8, 4) is 0 Å². The van der Waals surface area contributed by atoms with Crippen molar-refractivity contribution < 1.29 is 23.5 Å². The van der Waals surface area contributed by atoms with Crippen LogP contribution in [0.4, 0.5) is 5.69 Å². The zero-order valence-electron chi connectivity index (χ0n) is 17.8.